The second-order valence-corrected chi connectivity index (χ2v) is 9.66. The number of halogens is 2. The molecule has 0 bridgehead atoms. The van der Waals surface area contributed by atoms with Crippen molar-refractivity contribution in [3.05, 3.63) is 35.6 Å². The molecule has 2 rings (SSSR count). The molecular weight excluding hydrogens is 404 g/mol. The Morgan fingerprint density at radius 1 is 1.26 bits per heavy atom. The molecule has 0 aliphatic carbocycles. The molecule has 0 radical (unpaired) electrons. The Morgan fingerprint density at radius 2 is 1.87 bits per heavy atom. The van der Waals surface area contributed by atoms with E-state index in [2.05, 4.69) is 5.32 Å². The van der Waals surface area contributed by atoms with Crippen LogP contribution in [-0.4, -0.2) is 47.3 Å². The zero-order valence-corrected chi connectivity index (χ0v) is 18.7. The summed E-state index contributed by atoms with van der Waals surface area (Å²) in [5.41, 5.74) is -0.627. The first-order valence-corrected chi connectivity index (χ1v) is 10.4. The molecule has 1 fully saturated rings. The fourth-order valence-electron chi connectivity index (χ4n) is 3.60. The predicted octanol–water partition coefficient (Wildman–Crippen LogP) is 4.14. The number of aryl methyl sites for hydroxylation is 1. The van der Waals surface area contributed by atoms with Crippen LogP contribution in [-0.2, 0) is 16.0 Å². The molecular formula is C23H31F2N3O3. The van der Waals surface area contributed by atoms with Gasteiger partial charge in [0.2, 0.25) is 5.91 Å². The molecule has 31 heavy (non-hydrogen) atoms. The zero-order valence-electron chi connectivity index (χ0n) is 18.7. The van der Waals surface area contributed by atoms with Gasteiger partial charge in [0.15, 0.2) is 0 Å². The predicted molar refractivity (Wildman–Crippen MR) is 112 cm³/mol. The van der Waals surface area contributed by atoms with Crippen molar-refractivity contribution >= 4 is 12.0 Å². The van der Waals surface area contributed by atoms with Gasteiger partial charge in [-0.1, -0.05) is 26.0 Å². The normalized spacial score (nSPS) is 20.1. The smallest absolute Gasteiger partial charge is 0.408 e. The van der Waals surface area contributed by atoms with Crippen LogP contribution in [0.3, 0.4) is 0 Å². The fraction of sp³-hybridized carbons (Fsp3) is 0.609. The van der Waals surface area contributed by atoms with Crippen LogP contribution >= 0.6 is 0 Å². The molecule has 0 aromatic heterocycles. The lowest BCUT2D eigenvalue weighted by atomic mass is 9.78. The molecule has 0 spiro atoms. The van der Waals surface area contributed by atoms with E-state index in [4.69, 9.17) is 4.74 Å². The van der Waals surface area contributed by atoms with E-state index in [1.54, 1.807) is 32.9 Å². The van der Waals surface area contributed by atoms with E-state index in [0.717, 1.165) is 5.56 Å². The van der Waals surface area contributed by atoms with Crippen molar-refractivity contribution in [2.24, 2.45) is 5.41 Å². The van der Waals surface area contributed by atoms with E-state index in [1.807, 2.05) is 19.9 Å². The molecule has 1 N–H and O–H groups in total. The van der Waals surface area contributed by atoms with Crippen molar-refractivity contribution in [3.63, 3.8) is 0 Å². The Balaban J connectivity index is 2.24. The van der Waals surface area contributed by atoms with Gasteiger partial charge in [-0.2, -0.15) is 5.26 Å². The van der Waals surface area contributed by atoms with Gasteiger partial charge in [-0.05, 0) is 56.7 Å². The van der Waals surface area contributed by atoms with E-state index < -0.39 is 41.3 Å². The summed E-state index contributed by atoms with van der Waals surface area (Å²) in [5.74, 6) is -0.846. The van der Waals surface area contributed by atoms with Crippen LogP contribution in [0.1, 0.15) is 53.0 Å². The number of rotatable bonds is 6. The summed E-state index contributed by atoms with van der Waals surface area (Å²) in [7, 11) is 0. The third-order valence-electron chi connectivity index (χ3n) is 5.34. The summed E-state index contributed by atoms with van der Waals surface area (Å²) in [4.78, 5) is 27.0. The maximum atomic E-state index is 13.9. The number of alkyl halides is 1. The molecule has 1 saturated heterocycles. The summed E-state index contributed by atoms with van der Waals surface area (Å²) >= 11 is 0. The van der Waals surface area contributed by atoms with Gasteiger partial charge in [0.25, 0.3) is 0 Å². The van der Waals surface area contributed by atoms with Crippen molar-refractivity contribution < 1.29 is 23.1 Å². The van der Waals surface area contributed by atoms with Crippen LogP contribution < -0.4 is 5.32 Å². The lowest BCUT2D eigenvalue weighted by Crippen LogP contribution is -2.57. The van der Waals surface area contributed by atoms with Crippen LogP contribution in [0.5, 0.6) is 0 Å². The number of likely N-dealkylation sites (tertiary alicyclic amines) is 1. The summed E-state index contributed by atoms with van der Waals surface area (Å²) in [5, 5.41) is 12.0. The van der Waals surface area contributed by atoms with Gasteiger partial charge < -0.3 is 15.0 Å². The van der Waals surface area contributed by atoms with Crippen LogP contribution in [0.15, 0.2) is 24.3 Å². The minimum Gasteiger partial charge on any atom is -0.444 e. The fourth-order valence-corrected chi connectivity index (χ4v) is 3.60. The average molecular weight is 436 g/mol. The topological polar surface area (TPSA) is 82.4 Å². The monoisotopic (exact) mass is 435 g/mol. The number of alkyl carbamates (subject to hydrolysis) is 1. The highest BCUT2D eigenvalue weighted by atomic mass is 19.1. The number of ether oxygens (including phenoxy) is 1. The molecule has 1 aromatic rings. The van der Waals surface area contributed by atoms with Gasteiger partial charge in [0, 0.05) is 6.42 Å². The highest BCUT2D eigenvalue weighted by molar-refractivity contribution is 5.87. The number of benzene rings is 1. The number of carbonyl (C=O) groups excluding carboxylic acids is 2. The quantitative estimate of drug-likeness (QED) is 0.728. The van der Waals surface area contributed by atoms with Crippen molar-refractivity contribution in [2.45, 2.75) is 77.7 Å². The molecule has 170 valence electrons. The van der Waals surface area contributed by atoms with E-state index in [9.17, 15) is 23.6 Å². The van der Waals surface area contributed by atoms with Gasteiger partial charge in [0.05, 0.1) is 12.6 Å². The Kier molecular flexibility index (Phi) is 7.63. The van der Waals surface area contributed by atoms with Gasteiger partial charge in [-0.15, -0.1) is 0 Å². The van der Waals surface area contributed by atoms with Crippen molar-refractivity contribution in [1.82, 2.24) is 10.2 Å². The van der Waals surface area contributed by atoms with Gasteiger partial charge in [-0.25, -0.2) is 13.6 Å². The Hall–Kier alpha value is -2.69. The van der Waals surface area contributed by atoms with Crippen LogP contribution in [0.4, 0.5) is 13.6 Å². The van der Waals surface area contributed by atoms with E-state index in [0.29, 0.717) is 12.8 Å². The minimum atomic E-state index is -1.28. The molecule has 0 saturated carbocycles. The van der Waals surface area contributed by atoms with Crippen molar-refractivity contribution in [1.29, 1.82) is 5.26 Å². The number of amides is 2. The van der Waals surface area contributed by atoms with E-state index in [-0.39, 0.29) is 18.8 Å². The lowest BCUT2D eigenvalue weighted by molar-refractivity contribution is -0.136. The standard InChI is InChI=1S/C23H31F2N3O3/c1-22(2,3)31-21(30)27-19(20(29)28-14-17(25)12-18(28)13-26)23(4,5)11-10-15-6-8-16(24)9-7-15/h6-9,17-19H,10-12,14H2,1-5H3,(H,27,30)/t17-,18-,19+/m0/s1. The summed E-state index contributed by atoms with van der Waals surface area (Å²) < 4.78 is 32.4. The van der Waals surface area contributed by atoms with E-state index >= 15 is 0 Å². The summed E-state index contributed by atoms with van der Waals surface area (Å²) in [6, 6.07) is 6.15. The number of hydrogen-bond acceptors (Lipinski definition) is 4. The number of nitriles is 1. The summed E-state index contributed by atoms with van der Waals surface area (Å²) in [6.45, 7) is 8.59. The number of nitrogens with one attached hydrogen (secondary N) is 1. The molecule has 1 aromatic carbocycles. The number of carbonyl (C=O) groups is 2. The first-order chi connectivity index (χ1) is 14.3. The SMILES string of the molecule is CC(C)(C)OC(=O)N[C@H](C(=O)N1C[C@@H](F)C[C@H]1C#N)C(C)(C)CCc1ccc(F)cc1. The van der Waals surface area contributed by atoms with Crippen LogP contribution in [0.25, 0.3) is 0 Å². The average Bonchev–Trinajstić information content (AvgIpc) is 3.04. The van der Waals surface area contributed by atoms with Crippen LogP contribution in [0.2, 0.25) is 0 Å². The van der Waals surface area contributed by atoms with Gasteiger partial charge >= 0.3 is 6.09 Å². The first kappa shape index (κ1) is 24.6. The Bertz CT molecular complexity index is 828. The van der Waals surface area contributed by atoms with E-state index in [1.165, 1.54) is 17.0 Å². The lowest BCUT2D eigenvalue weighted by Gasteiger charge is -2.37. The number of hydrogen-bond donors (Lipinski definition) is 1. The highest BCUT2D eigenvalue weighted by Gasteiger charge is 2.44. The maximum absolute atomic E-state index is 13.9. The summed E-state index contributed by atoms with van der Waals surface area (Å²) in [6.07, 6.45) is -1.06. The molecule has 6 nitrogen and oxygen atoms in total. The third kappa shape index (κ3) is 6.91. The zero-order chi connectivity index (χ0) is 23.4. The highest BCUT2D eigenvalue weighted by Crippen LogP contribution is 2.31. The molecule has 8 heteroatoms. The van der Waals surface area contributed by atoms with Gasteiger partial charge in [0.1, 0.15) is 29.7 Å². The molecule has 0 unspecified atom stereocenters. The molecule has 1 heterocycles. The second-order valence-electron chi connectivity index (χ2n) is 9.66. The second kappa shape index (κ2) is 9.63. The largest absolute Gasteiger partial charge is 0.444 e. The maximum Gasteiger partial charge on any atom is 0.408 e. The number of nitrogens with zero attached hydrogens (tertiary/aromatic N) is 2. The van der Waals surface area contributed by atoms with Crippen molar-refractivity contribution in [2.75, 3.05) is 6.54 Å². The molecule has 1 aliphatic rings. The first-order valence-electron chi connectivity index (χ1n) is 10.4. The molecule has 1 aliphatic heterocycles. The molecule has 2 amide bonds. The van der Waals surface area contributed by atoms with Gasteiger partial charge in [-0.3, -0.25) is 4.79 Å². The third-order valence-corrected chi connectivity index (χ3v) is 5.34. The van der Waals surface area contributed by atoms with Crippen molar-refractivity contribution in [3.8, 4) is 6.07 Å². The van der Waals surface area contributed by atoms with Crippen LogP contribution in [0, 0.1) is 22.6 Å². The minimum absolute atomic E-state index is 0.0442. The Morgan fingerprint density at radius 3 is 2.42 bits per heavy atom. The Labute approximate surface area is 182 Å². The molecule has 3 atom stereocenters.